The smallest absolute Gasteiger partial charge is 0.119 e. The van der Waals surface area contributed by atoms with E-state index in [1.54, 1.807) is 7.11 Å². The van der Waals surface area contributed by atoms with Crippen LogP contribution in [0.25, 0.3) is 0 Å². The maximum absolute atomic E-state index is 5.13. The van der Waals surface area contributed by atoms with Crippen LogP contribution in [0, 0.1) is 5.92 Å². The van der Waals surface area contributed by atoms with E-state index in [2.05, 4.69) is 24.4 Å². The van der Waals surface area contributed by atoms with Gasteiger partial charge in [-0.15, -0.1) is 0 Å². The van der Waals surface area contributed by atoms with Crippen LogP contribution in [0.15, 0.2) is 24.3 Å². The first-order chi connectivity index (χ1) is 7.33. The van der Waals surface area contributed by atoms with Crippen LogP contribution < -0.4 is 10.1 Å². The highest BCUT2D eigenvalue weighted by Crippen LogP contribution is 2.35. The van der Waals surface area contributed by atoms with Gasteiger partial charge in [-0.05, 0) is 49.4 Å². The van der Waals surface area contributed by atoms with Crippen molar-refractivity contribution in [2.75, 3.05) is 12.4 Å². The number of benzene rings is 1. The van der Waals surface area contributed by atoms with Crippen molar-refractivity contribution < 1.29 is 4.74 Å². The Morgan fingerprint density at radius 2 is 2.00 bits per heavy atom. The molecule has 0 saturated heterocycles. The SMILES string of the molecule is CCC(Nc1ccc(OC)cc1)C1CC1. The Morgan fingerprint density at radius 1 is 1.33 bits per heavy atom. The predicted octanol–water partition coefficient (Wildman–Crippen LogP) is 3.30. The number of nitrogens with one attached hydrogen (secondary N) is 1. The molecular formula is C13H19NO. The van der Waals surface area contributed by atoms with Crippen LogP contribution in [0.2, 0.25) is 0 Å². The summed E-state index contributed by atoms with van der Waals surface area (Å²) in [5.74, 6) is 1.82. The van der Waals surface area contributed by atoms with Crippen molar-refractivity contribution >= 4 is 5.69 Å². The standard InChI is InChI=1S/C13H19NO/c1-3-13(10-4-5-10)14-11-6-8-12(15-2)9-7-11/h6-10,13-14H,3-5H2,1-2H3. The van der Waals surface area contributed by atoms with Gasteiger partial charge in [-0.2, -0.15) is 0 Å². The summed E-state index contributed by atoms with van der Waals surface area (Å²) in [5.41, 5.74) is 1.20. The van der Waals surface area contributed by atoms with E-state index in [9.17, 15) is 0 Å². The number of ether oxygens (including phenoxy) is 1. The van der Waals surface area contributed by atoms with Crippen molar-refractivity contribution in [2.24, 2.45) is 5.92 Å². The minimum atomic E-state index is 0.651. The minimum absolute atomic E-state index is 0.651. The fraction of sp³-hybridized carbons (Fsp3) is 0.538. The molecule has 1 N–H and O–H groups in total. The summed E-state index contributed by atoms with van der Waals surface area (Å²) in [6.45, 7) is 2.25. The van der Waals surface area contributed by atoms with Gasteiger partial charge in [0.25, 0.3) is 0 Å². The molecule has 82 valence electrons. The van der Waals surface area contributed by atoms with E-state index in [1.807, 2.05) is 12.1 Å². The summed E-state index contributed by atoms with van der Waals surface area (Å²) in [5, 5.41) is 3.59. The van der Waals surface area contributed by atoms with Gasteiger partial charge in [-0.3, -0.25) is 0 Å². The highest BCUT2D eigenvalue weighted by atomic mass is 16.5. The van der Waals surface area contributed by atoms with Gasteiger partial charge >= 0.3 is 0 Å². The lowest BCUT2D eigenvalue weighted by Crippen LogP contribution is -2.20. The normalized spacial score (nSPS) is 17.2. The molecule has 2 rings (SSSR count). The Balaban J connectivity index is 1.96. The highest BCUT2D eigenvalue weighted by Gasteiger charge is 2.29. The first-order valence-electron chi connectivity index (χ1n) is 5.74. The molecule has 0 bridgehead atoms. The lowest BCUT2D eigenvalue weighted by atomic mass is 10.1. The van der Waals surface area contributed by atoms with Gasteiger partial charge in [0.1, 0.15) is 5.75 Å². The van der Waals surface area contributed by atoms with Gasteiger partial charge in [0.05, 0.1) is 7.11 Å². The molecule has 1 aromatic carbocycles. The summed E-state index contributed by atoms with van der Waals surface area (Å²) in [6.07, 6.45) is 3.99. The molecule has 0 aliphatic heterocycles. The maximum Gasteiger partial charge on any atom is 0.119 e. The van der Waals surface area contributed by atoms with E-state index < -0.39 is 0 Å². The molecular weight excluding hydrogens is 186 g/mol. The lowest BCUT2D eigenvalue weighted by Gasteiger charge is -2.17. The Hall–Kier alpha value is -1.18. The van der Waals surface area contributed by atoms with E-state index in [4.69, 9.17) is 4.74 Å². The summed E-state index contributed by atoms with van der Waals surface area (Å²) in [6, 6.07) is 8.83. The molecule has 1 aliphatic carbocycles. The van der Waals surface area contributed by atoms with E-state index in [0.29, 0.717) is 6.04 Å². The van der Waals surface area contributed by atoms with Crippen LogP contribution in [0.4, 0.5) is 5.69 Å². The molecule has 1 fully saturated rings. The average Bonchev–Trinajstić information content (AvgIpc) is 3.10. The Kier molecular flexibility index (Phi) is 3.14. The van der Waals surface area contributed by atoms with Crippen LogP contribution >= 0.6 is 0 Å². The van der Waals surface area contributed by atoms with Crippen molar-refractivity contribution in [1.29, 1.82) is 0 Å². The molecule has 2 heteroatoms. The summed E-state index contributed by atoms with van der Waals surface area (Å²) in [4.78, 5) is 0. The van der Waals surface area contributed by atoms with Crippen LogP contribution in [-0.4, -0.2) is 13.2 Å². The second-order valence-corrected chi connectivity index (χ2v) is 4.23. The number of hydrogen-bond acceptors (Lipinski definition) is 2. The predicted molar refractivity (Wildman–Crippen MR) is 63.4 cm³/mol. The van der Waals surface area contributed by atoms with Gasteiger partial charge in [-0.25, -0.2) is 0 Å². The summed E-state index contributed by atoms with van der Waals surface area (Å²) >= 11 is 0. The quantitative estimate of drug-likeness (QED) is 0.796. The number of hydrogen-bond donors (Lipinski definition) is 1. The van der Waals surface area contributed by atoms with Crippen molar-refractivity contribution in [3.63, 3.8) is 0 Å². The van der Waals surface area contributed by atoms with E-state index >= 15 is 0 Å². The summed E-state index contributed by atoms with van der Waals surface area (Å²) in [7, 11) is 1.70. The Labute approximate surface area is 91.6 Å². The minimum Gasteiger partial charge on any atom is -0.497 e. The van der Waals surface area contributed by atoms with Gasteiger partial charge in [-0.1, -0.05) is 6.92 Å². The van der Waals surface area contributed by atoms with Crippen LogP contribution in [-0.2, 0) is 0 Å². The third-order valence-corrected chi connectivity index (χ3v) is 3.07. The van der Waals surface area contributed by atoms with Crippen molar-refractivity contribution in [3.8, 4) is 5.75 Å². The second-order valence-electron chi connectivity index (χ2n) is 4.23. The number of anilines is 1. The molecule has 0 aromatic heterocycles. The zero-order chi connectivity index (χ0) is 10.7. The fourth-order valence-electron chi connectivity index (χ4n) is 1.95. The zero-order valence-corrected chi connectivity index (χ0v) is 9.49. The van der Waals surface area contributed by atoms with E-state index in [-0.39, 0.29) is 0 Å². The molecule has 0 amide bonds. The van der Waals surface area contributed by atoms with Gasteiger partial charge < -0.3 is 10.1 Å². The topological polar surface area (TPSA) is 21.3 Å². The van der Waals surface area contributed by atoms with Gasteiger partial charge in [0.2, 0.25) is 0 Å². The highest BCUT2D eigenvalue weighted by molar-refractivity contribution is 5.47. The van der Waals surface area contributed by atoms with Crippen LogP contribution in [0.5, 0.6) is 5.75 Å². The molecule has 15 heavy (non-hydrogen) atoms. The molecule has 1 unspecified atom stereocenters. The first kappa shape index (κ1) is 10.3. The maximum atomic E-state index is 5.13. The van der Waals surface area contributed by atoms with Gasteiger partial charge in [0, 0.05) is 11.7 Å². The third kappa shape index (κ3) is 2.65. The Morgan fingerprint density at radius 3 is 2.47 bits per heavy atom. The number of methoxy groups -OCH3 is 1. The van der Waals surface area contributed by atoms with E-state index in [1.165, 1.54) is 24.9 Å². The third-order valence-electron chi connectivity index (χ3n) is 3.07. The van der Waals surface area contributed by atoms with Crippen LogP contribution in [0.3, 0.4) is 0 Å². The Bertz CT molecular complexity index is 303. The molecule has 1 aliphatic rings. The lowest BCUT2D eigenvalue weighted by molar-refractivity contribution is 0.415. The molecule has 1 aromatic rings. The van der Waals surface area contributed by atoms with Crippen molar-refractivity contribution in [2.45, 2.75) is 32.2 Å². The molecule has 1 atom stereocenters. The first-order valence-corrected chi connectivity index (χ1v) is 5.74. The van der Waals surface area contributed by atoms with Gasteiger partial charge in [0.15, 0.2) is 0 Å². The van der Waals surface area contributed by atoms with Crippen LogP contribution in [0.1, 0.15) is 26.2 Å². The molecule has 0 spiro atoms. The molecule has 0 heterocycles. The van der Waals surface area contributed by atoms with Crippen molar-refractivity contribution in [3.05, 3.63) is 24.3 Å². The van der Waals surface area contributed by atoms with Crippen molar-refractivity contribution in [1.82, 2.24) is 0 Å². The summed E-state index contributed by atoms with van der Waals surface area (Å²) < 4.78 is 5.13. The second kappa shape index (κ2) is 4.56. The molecule has 0 radical (unpaired) electrons. The molecule has 2 nitrogen and oxygen atoms in total. The average molecular weight is 205 g/mol. The monoisotopic (exact) mass is 205 g/mol. The number of rotatable bonds is 5. The largest absolute Gasteiger partial charge is 0.497 e. The zero-order valence-electron chi connectivity index (χ0n) is 9.49. The molecule has 1 saturated carbocycles. The van der Waals surface area contributed by atoms with E-state index in [0.717, 1.165) is 11.7 Å². The fourth-order valence-corrected chi connectivity index (χ4v) is 1.95.